The van der Waals surface area contributed by atoms with Gasteiger partial charge in [-0.15, -0.1) is 5.10 Å². The number of nitrogens with zero attached hydrogens (tertiary/aromatic N) is 3. The van der Waals surface area contributed by atoms with E-state index in [1.807, 2.05) is 4.68 Å². The summed E-state index contributed by atoms with van der Waals surface area (Å²) in [6.07, 6.45) is 9.79. The Balaban J connectivity index is 1.78. The molecule has 2 N–H and O–H groups in total. The van der Waals surface area contributed by atoms with Crippen molar-refractivity contribution in [1.82, 2.24) is 15.0 Å². The van der Waals surface area contributed by atoms with E-state index in [9.17, 15) is 0 Å². The molecule has 3 rings (SSSR count). The second-order valence-electron chi connectivity index (χ2n) is 5.46. The lowest BCUT2D eigenvalue weighted by Gasteiger charge is -2.23. The summed E-state index contributed by atoms with van der Waals surface area (Å²) in [6, 6.07) is 0. The summed E-state index contributed by atoms with van der Waals surface area (Å²) in [6.45, 7) is 1.77. The fraction of sp³-hybridized carbons (Fsp3) is 0.833. The van der Waals surface area contributed by atoms with Gasteiger partial charge in [0.1, 0.15) is 0 Å². The summed E-state index contributed by atoms with van der Waals surface area (Å²) in [5, 5.41) is 8.60. The van der Waals surface area contributed by atoms with Gasteiger partial charge in [0.2, 0.25) is 0 Å². The highest BCUT2D eigenvalue weighted by molar-refractivity contribution is 5.15. The van der Waals surface area contributed by atoms with Gasteiger partial charge in [0.05, 0.1) is 5.69 Å². The van der Waals surface area contributed by atoms with Gasteiger partial charge in [-0.1, -0.05) is 18.1 Å². The van der Waals surface area contributed by atoms with Gasteiger partial charge in [-0.05, 0) is 31.6 Å². The topological polar surface area (TPSA) is 56.7 Å². The van der Waals surface area contributed by atoms with Crippen molar-refractivity contribution in [2.45, 2.75) is 50.5 Å². The Kier molecular flexibility index (Phi) is 2.46. The lowest BCUT2D eigenvalue weighted by Crippen LogP contribution is -2.32. The Morgan fingerprint density at radius 1 is 1.38 bits per heavy atom. The minimum Gasteiger partial charge on any atom is -0.330 e. The van der Waals surface area contributed by atoms with Crippen molar-refractivity contribution in [3.05, 3.63) is 11.9 Å². The van der Waals surface area contributed by atoms with Crippen molar-refractivity contribution in [2.24, 2.45) is 11.7 Å². The van der Waals surface area contributed by atoms with Crippen LogP contribution < -0.4 is 5.73 Å². The zero-order chi connectivity index (χ0) is 11.0. The Bertz CT molecular complexity index is 361. The lowest BCUT2D eigenvalue weighted by atomic mass is 9.83. The van der Waals surface area contributed by atoms with Crippen molar-refractivity contribution >= 4 is 0 Å². The first-order chi connectivity index (χ1) is 7.82. The second-order valence-corrected chi connectivity index (χ2v) is 5.46. The summed E-state index contributed by atoms with van der Waals surface area (Å²) < 4.78 is 2.02. The molecule has 16 heavy (non-hydrogen) atoms. The zero-order valence-electron chi connectivity index (χ0n) is 9.73. The number of nitrogens with two attached hydrogens (primary N) is 1. The normalized spacial score (nSPS) is 23.8. The molecular weight excluding hydrogens is 200 g/mol. The molecule has 0 aliphatic heterocycles. The minimum atomic E-state index is 0.141. The van der Waals surface area contributed by atoms with Crippen LogP contribution in [0.4, 0.5) is 0 Å². The predicted molar refractivity (Wildman–Crippen MR) is 61.9 cm³/mol. The largest absolute Gasteiger partial charge is 0.330 e. The van der Waals surface area contributed by atoms with E-state index in [4.69, 9.17) is 5.73 Å². The van der Waals surface area contributed by atoms with Crippen LogP contribution in [-0.4, -0.2) is 21.5 Å². The van der Waals surface area contributed by atoms with Crippen molar-refractivity contribution in [2.75, 3.05) is 6.54 Å². The van der Waals surface area contributed by atoms with Crippen LogP contribution in [0.1, 0.15) is 44.2 Å². The smallest absolute Gasteiger partial charge is 0.0901 e. The van der Waals surface area contributed by atoms with Gasteiger partial charge >= 0.3 is 0 Å². The maximum absolute atomic E-state index is 5.95. The quantitative estimate of drug-likeness (QED) is 0.835. The predicted octanol–water partition coefficient (Wildman–Crippen LogP) is 1.46. The van der Waals surface area contributed by atoms with Crippen LogP contribution in [0, 0.1) is 5.92 Å². The summed E-state index contributed by atoms with van der Waals surface area (Å²) in [7, 11) is 0. The molecule has 0 saturated heterocycles. The molecule has 0 radical (unpaired) electrons. The molecule has 0 unspecified atom stereocenters. The first-order valence-electron chi connectivity index (χ1n) is 6.43. The van der Waals surface area contributed by atoms with Crippen LogP contribution in [0.5, 0.6) is 0 Å². The Morgan fingerprint density at radius 2 is 2.12 bits per heavy atom. The fourth-order valence-corrected chi connectivity index (χ4v) is 2.81. The molecule has 4 nitrogen and oxygen atoms in total. The molecule has 2 saturated carbocycles. The fourth-order valence-electron chi connectivity index (χ4n) is 2.81. The van der Waals surface area contributed by atoms with Gasteiger partial charge < -0.3 is 5.73 Å². The van der Waals surface area contributed by atoms with Crippen LogP contribution in [0.25, 0.3) is 0 Å². The lowest BCUT2D eigenvalue weighted by molar-refractivity contribution is 0.438. The summed E-state index contributed by atoms with van der Waals surface area (Å²) in [4.78, 5) is 0. The van der Waals surface area contributed by atoms with E-state index in [0.29, 0.717) is 0 Å². The molecule has 1 heterocycles. The highest BCUT2D eigenvalue weighted by atomic mass is 15.4. The van der Waals surface area contributed by atoms with Crippen molar-refractivity contribution in [1.29, 1.82) is 0 Å². The molecule has 1 aromatic rings. The van der Waals surface area contributed by atoms with E-state index in [0.717, 1.165) is 24.7 Å². The van der Waals surface area contributed by atoms with E-state index in [1.165, 1.54) is 38.5 Å². The molecule has 0 amide bonds. The highest BCUT2D eigenvalue weighted by Gasteiger charge is 2.37. The Morgan fingerprint density at radius 3 is 2.75 bits per heavy atom. The monoisotopic (exact) mass is 220 g/mol. The number of hydrogen-bond donors (Lipinski definition) is 1. The van der Waals surface area contributed by atoms with Crippen molar-refractivity contribution in [3.63, 3.8) is 0 Å². The van der Waals surface area contributed by atoms with E-state index in [1.54, 1.807) is 0 Å². The maximum Gasteiger partial charge on any atom is 0.0901 e. The van der Waals surface area contributed by atoms with Gasteiger partial charge in [-0.25, -0.2) is 0 Å². The number of aromatic nitrogens is 3. The van der Waals surface area contributed by atoms with Crippen LogP contribution in [0.3, 0.4) is 0 Å². The third-order valence-corrected chi connectivity index (χ3v) is 4.18. The molecule has 2 fully saturated rings. The van der Waals surface area contributed by atoms with Crippen LogP contribution in [0.15, 0.2) is 6.20 Å². The van der Waals surface area contributed by atoms with Crippen molar-refractivity contribution in [3.8, 4) is 0 Å². The molecule has 1 aromatic heterocycles. The first kappa shape index (κ1) is 10.3. The zero-order valence-corrected chi connectivity index (χ0v) is 9.73. The molecule has 2 aliphatic carbocycles. The minimum absolute atomic E-state index is 0.141. The standard InChI is InChI=1S/C12H20N4/c13-9-12(5-1-2-6-12)11-8-16(15-14-11)7-10-3-4-10/h8,10H,1-7,9,13H2. The first-order valence-corrected chi connectivity index (χ1v) is 6.43. The van der Waals surface area contributed by atoms with E-state index in [-0.39, 0.29) is 5.41 Å². The average molecular weight is 220 g/mol. The van der Waals surface area contributed by atoms with Crippen LogP contribution in [-0.2, 0) is 12.0 Å². The molecule has 0 bridgehead atoms. The molecule has 0 spiro atoms. The van der Waals surface area contributed by atoms with Gasteiger partial charge in [0.25, 0.3) is 0 Å². The molecular formula is C12H20N4. The van der Waals surface area contributed by atoms with Gasteiger partial charge in [-0.2, -0.15) is 0 Å². The van der Waals surface area contributed by atoms with Crippen LogP contribution >= 0.6 is 0 Å². The molecule has 0 aromatic carbocycles. The van der Waals surface area contributed by atoms with Crippen molar-refractivity contribution < 1.29 is 0 Å². The summed E-state index contributed by atoms with van der Waals surface area (Å²) >= 11 is 0. The summed E-state index contributed by atoms with van der Waals surface area (Å²) in [5.74, 6) is 0.854. The molecule has 88 valence electrons. The van der Waals surface area contributed by atoms with Crippen LogP contribution in [0.2, 0.25) is 0 Å². The molecule has 2 aliphatic rings. The van der Waals surface area contributed by atoms with E-state index in [2.05, 4.69) is 16.5 Å². The van der Waals surface area contributed by atoms with E-state index >= 15 is 0 Å². The molecule has 4 heteroatoms. The second kappa shape index (κ2) is 3.84. The number of rotatable bonds is 4. The maximum atomic E-state index is 5.95. The van der Waals surface area contributed by atoms with Gasteiger partial charge in [-0.3, -0.25) is 4.68 Å². The third-order valence-electron chi connectivity index (χ3n) is 4.18. The van der Waals surface area contributed by atoms with Gasteiger partial charge in [0.15, 0.2) is 0 Å². The van der Waals surface area contributed by atoms with Gasteiger partial charge in [0, 0.05) is 24.7 Å². The summed E-state index contributed by atoms with van der Waals surface area (Å²) in [5.41, 5.74) is 7.22. The number of hydrogen-bond acceptors (Lipinski definition) is 3. The highest BCUT2D eigenvalue weighted by Crippen LogP contribution is 2.39. The Labute approximate surface area is 96.2 Å². The van der Waals surface area contributed by atoms with E-state index < -0.39 is 0 Å². The average Bonchev–Trinajstić information content (AvgIpc) is 2.83. The molecule has 0 atom stereocenters. The Hall–Kier alpha value is -0.900. The SMILES string of the molecule is NCC1(c2cn(CC3CC3)nn2)CCCC1. The third kappa shape index (κ3) is 1.75.